The van der Waals surface area contributed by atoms with Gasteiger partial charge in [-0.3, -0.25) is 9.59 Å². The summed E-state index contributed by atoms with van der Waals surface area (Å²) in [5.74, 6) is -4.23. The lowest BCUT2D eigenvalue weighted by Crippen LogP contribution is -2.15. The van der Waals surface area contributed by atoms with Crippen LogP contribution < -0.4 is 5.32 Å². The highest BCUT2D eigenvalue weighted by Gasteiger charge is 2.46. The number of carbonyl (C=O) groups is 2. The van der Waals surface area contributed by atoms with Crippen LogP contribution in [0, 0.1) is 17.6 Å². The Morgan fingerprint density at radius 1 is 1.16 bits per heavy atom. The molecule has 0 radical (unpaired) electrons. The second-order valence-corrected chi connectivity index (χ2v) is 6.26. The molecule has 1 saturated carbocycles. The summed E-state index contributed by atoms with van der Waals surface area (Å²) in [6, 6.07) is 10.2. The van der Waals surface area contributed by atoms with Crippen LogP contribution in [-0.4, -0.2) is 17.0 Å². The highest BCUT2D eigenvalue weighted by Crippen LogP contribution is 2.49. The minimum atomic E-state index is -0.958. The summed E-state index contributed by atoms with van der Waals surface area (Å²) in [5.41, 5.74) is 0.990. The molecule has 0 saturated heterocycles. The number of benzene rings is 2. The Kier molecular flexibility index (Phi) is 4.53. The van der Waals surface area contributed by atoms with Gasteiger partial charge in [-0.05, 0) is 43.2 Å². The Labute approximate surface area is 143 Å². The largest absolute Gasteiger partial charge is 0.481 e. The Morgan fingerprint density at radius 2 is 1.80 bits per heavy atom. The smallest absolute Gasteiger partial charge is 0.310 e. The number of carbonyl (C=O) groups excluding carboxylic acids is 1. The Morgan fingerprint density at radius 3 is 2.44 bits per heavy atom. The van der Waals surface area contributed by atoms with E-state index in [1.165, 1.54) is 18.2 Å². The predicted octanol–water partition coefficient (Wildman–Crippen LogP) is 3.90. The second-order valence-electron chi connectivity index (χ2n) is 6.26. The Balaban J connectivity index is 1.70. The van der Waals surface area contributed by atoms with Crippen LogP contribution in [0.25, 0.3) is 0 Å². The molecule has 3 atom stereocenters. The Hall–Kier alpha value is -2.76. The summed E-state index contributed by atoms with van der Waals surface area (Å²) >= 11 is 0. The van der Waals surface area contributed by atoms with Gasteiger partial charge < -0.3 is 10.4 Å². The molecule has 4 nitrogen and oxygen atoms in total. The third-order valence-corrected chi connectivity index (χ3v) is 4.52. The average Bonchev–Trinajstić information content (AvgIpc) is 3.34. The number of hydrogen-bond donors (Lipinski definition) is 2. The molecule has 0 spiro atoms. The molecule has 25 heavy (non-hydrogen) atoms. The second kappa shape index (κ2) is 6.63. The number of halogens is 2. The quantitative estimate of drug-likeness (QED) is 0.864. The molecule has 130 valence electrons. The summed E-state index contributed by atoms with van der Waals surface area (Å²) in [5, 5.41) is 11.8. The first kappa shape index (κ1) is 17.1. The van der Waals surface area contributed by atoms with Gasteiger partial charge in [-0.2, -0.15) is 0 Å². The van der Waals surface area contributed by atoms with E-state index >= 15 is 0 Å². The van der Waals surface area contributed by atoms with E-state index < -0.39 is 35.4 Å². The number of carboxylic acids is 1. The van der Waals surface area contributed by atoms with Gasteiger partial charge in [0.1, 0.15) is 11.6 Å². The van der Waals surface area contributed by atoms with Gasteiger partial charge in [0.2, 0.25) is 5.91 Å². The molecule has 0 heterocycles. The van der Waals surface area contributed by atoms with Crippen molar-refractivity contribution in [1.29, 1.82) is 0 Å². The van der Waals surface area contributed by atoms with Crippen LogP contribution in [0.1, 0.15) is 36.3 Å². The van der Waals surface area contributed by atoms with Crippen molar-refractivity contribution in [2.75, 3.05) is 5.32 Å². The monoisotopic (exact) mass is 345 g/mol. The maximum atomic E-state index is 13.8. The zero-order chi connectivity index (χ0) is 18.1. The molecular formula is C19H17F2NO3. The van der Waals surface area contributed by atoms with Crippen LogP contribution in [0.15, 0.2) is 42.5 Å². The molecule has 0 aromatic heterocycles. The maximum Gasteiger partial charge on any atom is 0.310 e. The van der Waals surface area contributed by atoms with E-state index in [1.54, 1.807) is 31.2 Å². The minimum absolute atomic E-state index is 0.0455. The third-order valence-electron chi connectivity index (χ3n) is 4.52. The average molecular weight is 345 g/mol. The van der Waals surface area contributed by atoms with Crippen LogP contribution in [0.5, 0.6) is 0 Å². The van der Waals surface area contributed by atoms with Gasteiger partial charge in [0.25, 0.3) is 0 Å². The normalized spacial score (nSPS) is 20.0. The molecule has 2 aromatic rings. The zero-order valence-corrected chi connectivity index (χ0v) is 13.5. The topological polar surface area (TPSA) is 66.4 Å². The van der Waals surface area contributed by atoms with Crippen LogP contribution >= 0.6 is 0 Å². The molecule has 0 aliphatic heterocycles. The van der Waals surface area contributed by atoms with Crippen molar-refractivity contribution in [3.05, 3.63) is 65.2 Å². The first-order chi connectivity index (χ1) is 11.9. The molecule has 3 rings (SSSR count). The number of amides is 1. The molecule has 1 aliphatic carbocycles. The fourth-order valence-corrected chi connectivity index (χ4v) is 2.93. The molecular weight excluding hydrogens is 328 g/mol. The molecule has 6 heteroatoms. The van der Waals surface area contributed by atoms with E-state index in [2.05, 4.69) is 5.32 Å². The molecule has 2 N–H and O–H groups in total. The number of carboxylic acid groups (broad SMARTS) is 1. The van der Waals surface area contributed by atoms with Gasteiger partial charge in [-0.25, -0.2) is 8.78 Å². The molecule has 1 fully saturated rings. The van der Waals surface area contributed by atoms with Crippen LogP contribution in [0.2, 0.25) is 0 Å². The van der Waals surface area contributed by atoms with Crippen molar-refractivity contribution in [3.63, 3.8) is 0 Å². The number of aliphatic carboxylic acids is 1. The summed E-state index contributed by atoms with van der Waals surface area (Å²) < 4.78 is 27.6. The van der Waals surface area contributed by atoms with E-state index in [4.69, 9.17) is 5.11 Å². The van der Waals surface area contributed by atoms with Crippen LogP contribution in [0.4, 0.5) is 14.5 Å². The number of hydrogen-bond acceptors (Lipinski definition) is 2. The standard InChI is InChI=1S/C19H17F2NO3/c1-10(19(24)25)11-4-2-5-12(8-11)22-18(23)14-9-13(14)17-15(20)6-3-7-16(17)21/h2-8,10,13-14H,9H2,1H3,(H,22,23)(H,24,25). The van der Waals surface area contributed by atoms with Crippen molar-refractivity contribution in [2.45, 2.75) is 25.2 Å². The maximum absolute atomic E-state index is 13.8. The molecule has 1 amide bonds. The summed E-state index contributed by atoms with van der Waals surface area (Å²) in [6.07, 6.45) is 0.384. The predicted molar refractivity (Wildman–Crippen MR) is 88.3 cm³/mol. The first-order valence-corrected chi connectivity index (χ1v) is 7.96. The fraction of sp³-hybridized carbons (Fsp3) is 0.263. The molecule has 2 aromatic carbocycles. The lowest BCUT2D eigenvalue weighted by Gasteiger charge is -2.10. The first-order valence-electron chi connectivity index (χ1n) is 7.96. The van der Waals surface area contributed by atoms with Crippen molar-refractivity contribution >= 4 is 17.6 Å². The third kappa shape index (κ3) is 3.52. The fourth-order valence-electron chi connectivity index (χ4n) is 2.93. The Bertz CT molecular complexity index is 817. The number of anilines is 1. The van der Waals surface area contributed by atoms with Gasteiger partial charge in [0, 0.05) is 23.1 Å². The van der Waals surface area contributed by atoms with E-state index in [1.807, 2.05) is 0 Å². The molecule has 3 unspecified atom stereocenters. The van der Waals surface area contributed by atoms with E-state index in [0.29, 0.717) is 17.7 Å². The van der Waals surface area contributed by atoms with Crippen LogP contribution in [0.3, 0.4) is 0 Å². The highest BCUT2D eigenvalue weighted by atomic mass is 19.1. The molecule has 1 aliphatic rings. The van der Waals surface area contributed by atoms with E-state index in [0.717, 1.165) is 0 Å². The van der Waals surface area contributed by atoms with Crippen molar-refractivity contribution in [2.24, 2.45) is 5.92 Å². The SMILES string of the molecule is CC(C(=O)O)c1cccc(NC(=O)C2CC2c2c(F)cccc2F)c1. The van der Waals surface area contributed by atoms with Crippen molar-refractivity contribution in [1.82, 2.24) is 0 Å². The molecule has 0 bridgehead atoms. The van der Waals surface area contributed by atoms with E-state index in [9.17, 15) is 18.4 Å². The highest BCUT2D eigenvalue weighted by molar-refractivity contribution is 5.95. The van der Waals surface area contributed by atoms with Crippen LogP contribution in [-0.2, 0) is 9.59 Å². The lowest BCUT2D eigenvalue weighted by atomic mass is 10.0. The summed E-state index contributed by atoms with van der Waals surface area (Å²) in [6.45, 7) is 1.56. The summed E-state index contributed by atoms with van der Waals surface area (Å²) in [4.78, 5) is 23.4. The minimum Gasteiger partial charge on any atom is -0.481 e. The van der Waals surface area contributed by atoms with Gasteiger partial charge in [0.15, 0.2) is 0 Å². The zero-order valence-electron chi connectivity index (χ0n) is 13.5. The summed E-state index contributed by atoms with van der Waals surface area (Å²) in [7, 11) is 0. The van der Waals surface area contributed by atoms with E-state index in [-0.39, 0.29) is 11.5 Å². The lowest BCUT2D eigenvalue weighted by molar-refractivity contribution is -0.138. The van der Waals surface area contributed by atoms with Gasteiger partial charge in [-0.1, -0.05) is 18.2 Å². The number of rotatable bonds is 5. The van der Waals surface area contributed by atoms with Gasteiger partial charge >= 0.3 is 5.97 Å². The van der Waals surface area contributed by atoms with Crippen molar-refractivity contribution in [3.8, 4) is 0 Å². The number of nitrogens with one attached hydrogen (secondary N) is 1. The van der Waals surface area contributed by atoms with Crippen molar-refractivity contribution < 1.29 is 23.5 Å². The van der Waals surface area contributed by atoms with Gasteiger partial charge in [0.05, 0.1) is 5.92 Å². The van der Waals surface area contributed by atoms with Gasteiger partial charge in [-0.15, -0.1) is 0 Å².